The number of para-hydroxylation sites is 2. The van der Waals surface area contributed by atoms with Crippen LogP contribution in [0.15, 0.2) is 78.0 Å². The summed E-state index contributed by atoms with van der Waals surface area (Å²) in [5.74, 6) is 0.812. The zero-order chi connectivity index (χ0) is 23.1. The van der Waals surface area contributed by atoms with Gasteiger partial charge in [0, 0.05) is 11.4 Å². The first-order valence-corrected chi connectivity index (χ1v) is 10.7. The molecule has 0 saturated heterocycles. The van der Waals surface area contributed by atoms with Crippen LogP contribution < -0.4 is 15.4 Å². The Morgan fingerprint density at radius 3 is 2.61 bits per heavy atom. The van der Waals surface area contributed by atoms with E-state index in [1.54, 1.807) is 18.2 Å². The number of anilines is 2. The number of phenolic OH excluding ortho intramolecular Hbond substituents is 1. The summed E-state index contributed by atoms with van der Waals surface area (Å²) in [6.07, 6.45) is 0. The van der Waals surface area contributed by atoms with E-state index in [1.165, 1.54) is 7.11 Å². The number of aromatic nitrogens is 2. The second-order valence-electron chi connectivity index (χ2n) is 8.11. The Morgan fingerprint density at radius 1 is 1.09 bits per heavy atom. The summed E-state index contributed by atoms with van der Waals surface area (Å²) in [5, 5.41) is 16.5. The van der Waals surface area contributed by atoms with Crippen molar-refractivity contribution in [3.8, 4) is 11.5 Å². The summed E-state index contributed by atoms with van der Waals surface area (Å²) in [4.78, 5) is 18.3. The van der Waals surface area contributed by atoms with Crippen LogP contribution in [0.3, 0.4) is 0 Å². The van der Waals surface area contributed by atoms with Gasteiger partial charge >= 0.3 is 0 Å². The summed E-state index contributed by atoms with van der Waals surface area (Å²) in [7, 11) is 1.51. The molecule has 1 amide bonds. The van der Waals surface area contributed by atoms with Crippen LogP contribution in [0.4, 0.5) is 11.6 Å². The molecule has 2 heterocycles. The fourth-order valence-corrected chi connectivity index (χ4v) is 4.27. The Kier molecular flexibility index (Phi) is 5.01. The molecule has 0 saturated carbocycles. The van der Waals surface area contributed by atoms with E-state index in [-0.39, 0.29) is 11.7 Å². The molecule has 1 aliphatic rings. The van der Waals surface area contributed by atoms with Gasteiger partial charge in [-0.05, 0) is 55.8 Å². The number of nitrogens with one attached hydrogen (secondary N) is 2. The molecule has 33 heavy (non-hydrogen) atoms. The minimum atomic E-state index is -0.478. The molecule has 0 fully saturated rings. The van der Waals surface area contributed by atoms with E-state index >= 15 is 0 Å². The number of aromatic hydroxyl groups is 1. The first kappa shape index (κ1) is 20.6. The normalized spacial score (nSPS) is 15.2. The molecule has 5 rings (SSSR count). The number of hydrogen-bond acceptors (Lipinski definition) is 5. The number of ether oxygens (including phenoxy) is 1. The third-order valence-electron chi connectivity index (χ3n) is 5.90. The average molecular weight is 441 g/mol. The highest BCUT2D eigenvalue weighted by Crippen LogP contribution is 2.41. The predicted molar refractivity (Wildman–Crippen MR) is 129 cm³/mol. The molecule has 7 heteroatoms. The number of amides is 1. The van der Waals surface area contributed by atoms with Crippen LogP contribution in [0.2, 0.25) is 0 Å². The maximum absolute atomic E-state index is 13.6. The zero-order valence-electron chi connectivity index (χ0n) is 18.6. The third-order valence-corrected chi connectivity index (χ3v) is 5.90. The molecule has 1 aliphatic heterocycles. The van der Waals surface area contributed by atoms with Crippen LogP contribution in [0, 0.1) is 6.92 Å². The molecule has 0 aliphatic carbocycles. The van der Waals surface area contributed by atoms with Crippen molar-refractivity contribution in [2.24, 2.45) is 0 Å². The van der Waals surface area contributed by atoms with E-state index in [0.29, 0.717) is 28.7 Å². The number of imidazole rings is 1. The van der Waals surface area contributed by atoms with Crippen molar-refractivity contribution in [3.63, 3.8) is 0 Å². The van der Waals surface area contributed by atoms with Gasteiger partial charge in [-0.1, -0.05) is 35.9 Å². The highest BCUT2D eigenvalue weighted by Gasteiger charge is 2.34. The zero-order valence-corrected chi connectivity index (χ0v) is 18.6. The molecular formula is C26H24N4O3. The Morgan fingerprint density at radius 2 is 1.85 bits per heavy atom. The van der Waals surface area contributed by atoms with Gasteiger partial charge in [-0.15, -0.1) is 0 Å². The monoisotopic (exact) mass is 440 g/mol. The SMILES string of the molecule is COc1cc([C@@H]2C(C(=O)Nc3ccc(C)cc3)=C(C)Nc3nc4ccccc4n32)ccc1O. The molecule has 3 aromatic carbocycles. The van der Waals surface area contributed by atoms with Crippen LogP contribution >= 0.6 is 0 Å². The topological polar surface area (TPSA) is 88.4 Å². The number of carbonyl (C=O) groups excluding carboxylic acids is 1. The van der Waals surface area contributed by atoms with Crippen molar-refractivity contribution >= 4 is 28.6 Å². The van der Waals surface area contributed by atoms with Crippen molar-refractivity contribution in [1.29, 1.82) is 0 Å². The highest BCUT2D eigenvalue weighted by atomic mass is 16.5. The lowest BCUT2D eigenvalue weighted by Gasteiger charge is -2.31. The fourth-order valence-electron chi connectivity index (χ4n) is 4.27. The van der Waals surface area contributed by atoms with Gasteiger partial charge in [-0.2, -0.15) is 0 Å². The van der Waals surface area contributed by atoms with Gasteiger partial charge in [-0.3, -0.25) is 9.36 Å². The van der Waals surface area contributed by atoms with Crippen LogP contribution in [-0.4, -0.2) is 27.7 Å². The number of nitrogens with zero attached hydrogens (tertiary/aromatic N) is 2. The minimum absolute atomic E-state index is 0.0391. The fraction of sp³-hybridized carbons (Fsp3) is 0.154. The quantitative estimate of drug-likeness (QED) is 0.416. The van der Waals surface area contributed by atoms with E-state index in [9.17, 15) is 9.90 Å². The number of aryl methyl sites for hydroxylation is 1. The van der Waals surface area contributed by atoms with Gasteiger partial charge in [0.15, 0.2) is 11.5 Å². The van der Waals surface area contributed by atoms with Crippen LogP contribution in [0.25, 0.3) is 11.0 Å². The molecule has 0 spiro atoms. The summed E-state index contributed by atoms with van der Waals surface area (Å²) >= 11 is 0. The summed E-state index contributed by atoms with van der Waals surface area (Å²) in [6.45, 7) is 3.88. The molecule has 1 atom stereocenters. The molecule has 1 aromatic heterocycles. The second kappa shape index (κ2) is 8.02. The van der Waals surface area contributed by atoms with Crippen LogP contribution in [0.1, 0.15) is 24.1 Å². The lowest BCUT2D eigenvalue weighted by molar-refractivity contribution is -0.113. The predicted octanol–water partition coefficient (Wildman–Crippen LogP) is 4.99. The smallest absolute Gasteiger partial charge is 0.255 e. The average Bonchev–Trinajstić information content (AvgIpc) is 3.18. The standard InChI is InChI=1S/C26H24N4O3/c1-15-8-11-18(12-9-15)28-25(32)23-16(2)27-26-29-19-6-4-5-7-20(19)30(26)24(23)17-10-13-21(31)22(14-17)33-3/h4-14,24,31H,1-3H3,(H,27,29)(H,28,32)/t24-/m1/s1. The number of rotatable bonds is 4. The molecule has 0 radical (unpaired) electrons. The third kappa shape index (κ3) is 3.57. The highest BCUT2D eigenvalue weighted by molar-refractivity contribution is 6.06. The largest absolute Gasteiger partial charge is 0.504 e. The Hall–Kier alpha value is -4.26. The van der Waals surface area contributed by atoms with Gasteiger partial charge in [0.25, 0.3) is 5.91 Å². The Labute approximate surface area is 191 Å². The lowest BCUT2D eigenvalue weighted by atomic mass is 9.94. The molecular weight excluding hydrogens is 416 g/mol. The van der Waals surface area contributed by atoms with E-state index in [2.05, 4.69) is 10.6 Å². The van der Waals surface area contributed by atoms with Gasteiger partial charge in [0.05, 0.1) is 29.8 Å². The molecule has 0 bridgehead atoms. The minimum Gasteiger partial charge on any atom is -0.504 e. The number of hydrogen-bond donors (Lipinski definition) is 3. The van der Waals surface area contributed by atoms with E-state index in [1.807, 2.05) is 66.9 Å². The maximum Gasteiger partial charge on any atom is 0.255 e. The van der Waals surface area contributed by atoms with Crippen molar-refractivity contribution < 1.29 is 14.6 Å². The number of carbonyl (C=O) groups is 1. The van der Waals surface area contributed by atoms with Crippen molar-refractivity contribution in [3.05, 3.63) is 89.1 Å². The van der Waals surface area contributed by atoms with Crippen molar-refractivity contribution in [2.75, 3.05) is 17.7 Å². The second-order valence-corrected chi connectivity index (χ2v) is 8.11. The Balaban J connectivity index is 1.67. The first-order valence-electron chi connectivity index (χ1n) is 10.7. The van der Waals surface area contributed by atoms with Crippen LogP contribution in [-0.2, 0) is 4.79 Å². The molecule has 7 nitrogen and oxygen atoms in total. The van der Waals surface area contributed by atoms with Crippen molar-refractivity contribution in [2.45, 2.75) is 19.9 Å². The first-order chi connectivity index (χ1) is 16.0. The van der Waals surface area contributed by atoms with E-state index < -0.39 is 6.04 Å². The number of methoxy groups -OCH3 is 1. The molecule has 4 aromatic rings. The number of fused-ring (bicyclic) bond motifs is 3. The van der Waals surface area contributed by atoms with Gasteiger partial charge in [0.1, 0.15) is 0 Å². The molecule has 3 N–H and O–H groups in total. The van der Waals surface area contributed by atoms with Gasteiger partial charge < -0.3 is 20.5 Å². The maximum atomic E-state index is 13.6. The van der Waals surface area contributed by atoms with Gasteiger partial charge in [0.2, 0.25) is 5.95 Å². The van der Waals surface area contributed by atoms with E-state index in [0.717, 1.165) is 22.2 Å². The molecule has 0 unspecified atom stereocenters. The van der Waals surface area contributed by atoms with Crippen LogP contribution in [0.5, 0.6) is 11.5 Å². The summed E-state index contributed by atoms with van der Waals surface area (Å²) in [5.41, 5.74) is 5.61. The molecule has 166 valence electrons. The summed E-state index contributed by atoms with van der Waals surface area (Å²) < 4.78 is 7.37. The number of phenols is 1. The van der Waals surface area contributed by atoms with Crippen molar-refractivity contribution in [1.82, 2.24) is 9.55 Å². The Bertz CT molecular complexity index is 1400. The van der Waals surface area contributed by atoms with Gasteiger partial charge in [-0.25, -0.2) is 4.98 Å². The summed E-state index contributed by atoms with van der Waals surface area (Å²) in [6, 6.07) is 20.2. The number of allylic oxidation sites excluding steroid dienone is 1. The lowest BCUT2D eigenvalue weighted by Crippen LogP contribution is -2.30. The number of benzene rings is 3. The van der Waals surface area contributed by atoms with E-state index in [4.69, 9.17) is 9.72 Å².